The molecule has 0 atom stereocenters. The van der Waals surface area contributed by atoms with Gasteiger partial charge in [0.05, 0.1) is 12.2 Å². The van der Waals surface area contributed by atoms with Crippen molar-refractivity contribution in [3.8, 4) is 0 Å². The zero-order valence-corrected chi connectivity index (χ0v) is 8.55. The molecule has 0 radical (unpaired) electrons. The molecular formula is C11H20O2. The molecule has 0 amide bonds. The Morgan fingerprint density at radius 3 is 2.62 bits per heavy atom. The molecule has 0 saturated heterocycles. The quantitative estimate of drug-likeness (QED) is 0.359. The van der Waals surface area contributed by atoms with Crippen LogP contribution in [-0.4, -0.2) is 19.0 Å². The third kappa shape index (κ3) is 3.12. The van der Waals surface area contributed by atoms with Crippen molar-refractivity contribution < 1.29 is 9.47 Å². The van der Waals surface area contributed by atoms with Gasteiger partial charge in [-0.1, -0.05) is 25.8 Å². The molecule has 0 aliphatic heterocycles. The minimum absolute atomic E-state index is 0.126. The summed E-state index contributed by atoms with van der Waals surface area (Å²) in [5.74, 6) is 0. The maximum absolute atomic E-state index is 5.77. The largest absolute Gasteiger partial charge is 0.351 e. The third-order valence-electron chi connectivity index (χ3n) is 2.84. The first kappa shape index (κ1) is 10.7. The summed E-state index contributed by atoms with van der Waals surface area (Å²) in [6.45, 7) is 6.78. The molecule has 1 fully saturated rings. The molecule has 0 aromatic rings. The molecule has 2 nitrogen and oxygen atoms in total. The highest BCUT2D eigenvalue weighted by molar-refractivity contribution is 4.84. The lowest BCUT2D eigenvalue weighted by Gasteiger charge is -2.27. The van der Waals surface area contributed by atoms with E-state index >= 15 is 0 Å². The first-order valence-electron chi connectivity index (χ1n) is 5.15. The van der Waals surface area contributed by atoms with Crippen molar-refractivity contribution >= 4 is 0 Å². The fraction of sp³-hybridized carbons (Fsp3) is 0.818. The lowest BCUT2D eigenvalue weighted by atomic mass is 9.99. The highest BCUT2D eigenvalue weighted by atomic mass is 16.7. The third-order valence-corrected chi connectivity index (χ3v) is 2.84. The summed E-state index contributed by atoms with van der Waals surface area (Å²) in [6.07, 6.45) is 7.84. The van der Waals surface area contributed by atoms with E-state index in [1.807, 2.05) is 0 Å². The lowest BCUT2D eigenvalue weighted by molar-refractivity contribution is -0.136. The lowest BCUT2D eigenvalue weighted by Crippen LogP contribution is -2.29. The molecule has 1 saturated carbocycles. The summed E-state index contributed by atoms with van der Waals surface area (Å²) in [5.41, 5.74) is 0.126. The topological polar surface area (TPSA) is 18.5 Å². The van der Waals surface area contributed by atoms with E-state index in [-0.39, 0.29) is 5.60 Å². The van der Waals surface area contributed by atoms with Crippen LogP contribution in [0.1, 0.15) is 39.0 Å². The highest BCUT2D eigenvalue weighted by Gasteiger charge is 2.32. The van der Waals surface area contributed by atoms with Gasteiger partial charge in [-0.3, -0.25) is 0 Å². The molecule has 0 aromatic heterocycles. The highest BCUT2D eigenvalue weighted by Crippen LogP contribution is 2.35. The average Bonchev–Trinajstić information content (AvgIpc) is 2.62. The first-order valence-corrected chi connectivity index (χ1v) is 5.15. The standard InChI is InChI=1S/C11H20O2/c1-3-9-12-10-13-11(4-2)7-5-6-8-11/h3H,1,4-10H2,2H3. The molecule has 0 N–H and O–H groups in total. The second-order valence-electron chi connectivity index (χ2n) is 3.67. The van der Waals surface area contributed by atoms with Gasteiger partial charge in [0, 0.05) is 0 Å². The van der Waals surface area contributed by atoms with Crippen LogP contribution in [0, 0.1) is 0 Å². The summed E-state index contributed by atoms with van der Waals surface area (Å²) in [6, 6.07) is 0. The molecular weight excluding hydrogens is 164 g/mol. The fourth-order valence-corrected chi connectivity index (χ4v) is 1.92. The molecule has 0 spiro atoms. The first-order chi connectivity index (χ1) is 6.33. The van der Waals surface area contributed by atoms with Crippen LogP contribution in [0.3, 0.4) is 0 Å². The Morgan fingerprint density at radius 1 is 1.38 bits per heavy atom. The van der Waals surface area contributed by atoms with Crippen LogP contribution >= 0.6 is 0 Å². The SMILES string of the molecule is C=CCOCOC1(CC)CCCC1. The Labute approximate surface area is 80.9 Å². The summed E-state index contributed by atoms with van der Waals surface area (Å²) >= 11 is 0. The van der Waals surface area contributed by atoms with Crippen molar-refractivity contribution in [3.63, 3.8) is 0 Å². The van der Waals surface area contributed by atoms with Gasteiger partial charge in [-0.2, -0.15) is 0 Å². The molecule has 2 heteroatoms. The molecule has 1 aliphatic carbocycles. The minimum atomic E-state index is 0.126. The van der Waals surface area contributed by atoms with Gasteiger partial charge >= 0.3 is 0 Å². The molecule has 1 rings (SSSR count). The van der Waals surface area contributed by atoms with Gasteiger partial charge in [0.15, 0.2) is 0 Å². The van der Waals surface area contributed by atoms with E-state index in [1.54, 1.807) is 6.08 Å². The second-order valence-corrected chi connectivity index (χ2v) is 3.67. The van der Waals surface area contributed by atoms with Gasteiger partial charge in [0.1, 0.15) is 6.79 Å². The van der Waals surface area contributed by atoms with E-state index in [1.165, 1.54) is 25.7 Å². The van der Waals surface area contributed by atoms with Crippen LogP contribution < -0.4 is 0 Å². The van der Waals surface area contributed by atoms with Crippen LogP contribution in [0.25, 0.3) is 0 Å². The van der Waals surface area contributed by atoms with Crippen LogP contribution in [0.5, 0.6) is 0 Å². The Hall–Kier alpha value is -0.340. The maximum Gasteiger partial charge on any atom is 0.147 e. The van der Waals surface area contributed by atoms with Gasteiger partial charge in [0.25, 0.3) is 0 Å². The van der Waals surface area contributed by atoms with Gasteiger partial charge in [-0.25, -0.2) is 0 Å². The molecule has 13 heavy (non-hydrogen) atoms. The smallest absolute Gasteiger partial charge is 0.147 e. The zero-order chi connectivity index (χ0) is 9.57. The summed E-state index contributed by atoms with van der Waals surface area (Å²) in [7, 11) is 0. The van der Waals surface area contributed by atoms with Crippen molar-refractivity contribution in [2.45, 2.75) is 44.6 Å². The fourth-order valence-electron chi connectivity index (χ4n) is 1.92. The molecule has 1 aliphatic rings. The summed E-state index contributed by atoms with van der Waals surface area (Å²) in [4.78, 5) is 0. The van der Waals surface area contributed by atoms with E-state index in [9.17, 15) is 0 Å². The van der Waals surface area contributed by atoms with Gasteiger partial charge < -0.3 is 9.47 Å². The molecule has 0 aromatic carbocycles. The Morgan fingerprint density at radius 2 is 2.08 bits per heavy atom. The molecule has 76 valence electrons. The minimum Gasteiger partial charge on any atom is -0.351 e. The molecule has 0 unspecified atom stereocenters. The van der Waals surface area contributed by atoms with Crippen molar-refractivity contribution in [2.24, 2.45) is 0 Å². The summed E-state index contributed by atoms with van der Waals surface area (Å²) < 4.78 is 11.0. The van der Waals surface area contributed by atoms with E-state index in [0.29, 0.717) is 13.4 Å². The zero-order valence-electron chi connectivity index (χ0n) is 8.55. The van der Waals surface area contributed by atoms with Gasteiger partial charge in [-0.05, 0) is 19.3 Å². The van der Waals surface area contributed by atoms with Crippen molar-refractivity contribution in [1.82, 2.24) is 0 Å². The van der Waals surface area contributed by atoms with Crippen molar-refractivity contribution in [3.05, 3.63) is 12.7 Å². The number of rotatable bonds is 6. The van der Waals surface area contributed by atoms with E-state index in [0.717, 1.165) is 6.42 Å². The molecule has 0 heterocycles. The Bertz CT molecular complexity index is 148. The predicted octanol–water partition coefficient (Wildman–Crippen LogP) is 2.89. The van der Waals surface area contributed by atoms with Crippen LogP contribution in [0.2, 0.25) is 0 Å². The van der Waals surface area contributed by atoms with Crippen LogP contribution in [0.15, 0.2) is 12.7 Å². The Balaban J connectivity index is 2.19. The van der Waals surface area contributed by atoms with Gasteiger partial charge in [0.2, 0.25) is 0 Å². The molecule has 0 bridgehead atoms. The van der Waals surface area contributed by atoms with Crippen molar-refractivity contribution in [2.75, 3.05) is 13.4 Å². The number of ether oxygens (including phenoxy) is 2. The number of hydrogen-bond donors (Lipinski definition) is 0. The monoisotopic (exact) mass is 184 g/mol. The van der Waals surface area contributed by atoms with Gasteiger partial charge in [-0.15, -0.1) is 6.58 Å². The van der Waals surface area contributed by atoms with E-state index in [4.69, 9.17) is 9.47 Å². The number of hydrogen-bond acceptors (Lipinski definition) is 2. The van der Waals surface area contributed by atoms with Crippen LogP contribution in [-0.2, 0) is 9.47 Å². The predicted molar refractivity (Wildman–Crippen MR) is 53.6 cm³/mol. The van der Waals surface area contributed by atoms with E-state index < -0.39 is 0 Å². The Kier molecular flexibility index (Phi) is 4.46. The maximum atomic E-state index is 5.77. The van der Waals surface area contributed by atoms with E-state index in [2.05, 4.69) is 13.5 Å². The van der Waals surface area contributed by atoms with Crippen LogP contribution in [0.4, 0.5) is 0 Å². The average molecular weight is 184 g/mol. The van der Waals surface area contributed by atoms with Crippen molar-refractivity contribution in [1.29, 1.82) is 0 Å². The normalized spacial score (nSPS) is 20.4. The summed E-state index contributed by atoms with van der Waals surface area (Å²) in [5, 5.41) is 0. The second kappa shape index (κ2) is 5.40.